The third-order valence-electron chi connectivity index (χ3n) is 7.46. The van der Waals surface area contributed by atoms with Crippen LogP contribution in [0.2, 0.25) is 0 Å². The van der Waals surface area contributed by atoms with Crippen molar-refractivity contribution in [2.24, 2.45) is 5.92 Å². The Morgan fingerprint density at radius 1 is 1.02 bits per heavy atom. The number of hydrogen-bond donors (Lipinski definition) is 2. The fraction of sp³-hybridized carbons (Fsp3) is 0.355. The first-order valence-electron chi connectivity index (χ1n) is 13.7. The molecule has 218 valence electrons. The molecule has 0 spiro atoms. The van der Waals surface area contributed by atoms with Gasteiger partial charge in [0.2, 0.25) is 15.9 Å². The smallest absolute Gasteiger partial charge is 0.335 e. The highest BCUT2D eigenvalue weighted by Gasteiger charge is 2.30. The number of anilines is 2. The van der Waals surface area contributed by atoms with Crippen LogP contribution in [0, 0.1) is 5.92 Å². The lowest BCUT2D eigenvalue weighted by molar-refractivity contribution is -0.117. The van der Waals surface area contributed by atoms with Gasteiger partial charge < -0.3 is 15.2 Å². The molecule has 0 bridgehead atoms. The number of hydrogen-bond acceptors (Lipinski definition) is 6. The number of nitrogens with one attached hydrogen (secondary N) is 1. The molecule has 0 saturated carbocycles. The molecule has 9 nitrogen and oxygen atoms in total. The molecule has 4 rings (SSSR count). The van der Waals surface area contributed by atoms with Gasteiger partial charge in [0, 0.05) is 24.7 Å². The molecule has 41 heavy (non-hydrogen) atoms. The van der Waals surface area contributed by atoms with Gasteiger partial charge in [-0.3, -0.25) is 14.0 Å². The van der Waals surface area contributed by atoms with Crippen molar-refractivity contribution in [1.82, 2.24) is 4.90 Å². The normalized spacial score (nSPS) is 15.2. The molecule has 0 radical (unpaired) electrons. The lowest BCUT2D eigenvalue weighted by Gasteiger charge is -2.38. The van der Waals surface area contributed by atoms with Gasteiger partial charge in [0.15, 0.2) is 0 Å². The Morgan fingerprint density at radius 2 is 1.71 bits per heavy atom. The van der Waals surface area contributed by atoms with Crippen molar-refractivity contribution in [3.05, 3.63) is 90.0 Å². The molecule has 1 atom stereocenters. The Balaban J connectivity index is 1.39. The molecule has 3 aromatic carbocycles. The molecule has 0 aromatic heterocycles. The number of amides is 1. The van der Waals surface area contributed by atoms with E-state index >= 15 is 0 Å². The second-order valence-electron chi connectivity index (χ2n) is 10.4. The number of carboxylic acids is 1. The number of carbonyl (C=O) groups excluding carboxylic acids is 1. The molecular weight excluding hydrogens is 542 g/mol. The average Bonchev–Trinajstić information content (AvgIpc) is 2.96. The van der Waals surface area contributed by atoms with E-state index in [4.69, 9.17) is 4.74 Å². The van der Waals surface area contributed by atoms with Gasteiger partial charge in [0.25, 0.3) is 0 Å². The van der Waals surface area contributed by atoms with E-state index in [1.165, 1.54) is 16.4 Å². The van der Waals surface area contributed by atoms with Crippen molar-refractivity contribution >= 4 is 33.3 Å². The molecule has 0 unspecified atom stereocenters. The number of aromatic carboxylic acids is 1. The van der Waals surface area contributed by atoms with Crippen LogP contribution in [0.3, 0.4) is 0 Å². The molecule has 10 heteroatoms. The van der Waals surface area contributed by atoms with E-state index in [-0.39, 0.29) is 35.7 Å². The number of methoxy groups -OCH3 is 1. The van der Waals surface area contributed by atoms with Crippen LogP contribution in [0.4, 0.5) is 11.4 Å². The van der Waals surface area contributed by atoms with Gasteiger partial charge in [-0.2, -0.15) is 0 Å². The summed E-state index contributed by atoms with van der Waals surface area (Å²) < 4.78 is 33.8. The monoisotopic (exact) mass is 579 g/mol. The van der Waals surface area contributed by atoms with Crippen LogP contribution in [0.1, 0.15) is 42.1 Å². The van der Waals surface area contributed by atoms with Gasteiger partial charge >= 0.3 is 5.97 Å². The summed E-state index contributed by atoms with van der Waals surface area (Å²) in [5, 5.41) is 12.4. The first-order chi connectivity index (χ1) is 19.6. The first kappa shape index (κ1) is 30.1. The van der Waals surface area contributed by atoms with E-state index in [0.29, 0.717) is 17.7 Å². The highest BCUT2D eigenvalue weighted by Crippen LogP contribution is 2.27. The Hall–Kier alpha value is -3.89. The zero-order valence-electron chi connectivity index (χ0n) is 23.4. The summed E-state index contributed by atoms with van der Waals surface area (Å²) in [5.74, 6) is -0.368. The number of piperidine rings is 1. The van der Waals surface area contributed by atoms with Gasteiger partial charge in [-0.25, -0.2) is 13.2 Å². The van der Waals surface area contributed by atoms with Crippen LogP contribution >= 0.6 is 0 Å². The predicted molar refractivity (Wildman–Crippen MR) is 160 cm³/mol. The summed E-state index contributed by atoms with van der Waals surface area (Å²) >= 11 is 0. The minimum Gasteiger partial charge on any atom is -0.497 e. The molecule has 1 fully saturated rings. The molecule has 1 amide bonds. The Morgan fingerprint density at radius 3 is 2.34 bits per heavy atom. The van der Waals surface area contributed by atoms with Gasteiger partial charge in [0.1, 0.15) is 5.75 Å². The summed E-state index contributed by atoms with van der Waals surface area (Å²) in [7, 11) is -2.22. The molecule has 0 aliphatic carbocycles. The zero-order valence-corrected chi connectivity index (χ0v) is 24.2. The number of likely N-dealkylation sites (tertiary alicyclic amines) is 1. The number of benzene rings is 3. The van der Waals surface area contributed by atoms with Crippen molar-refractivity contribution in [2.75, 3.05) is 36.4 Å². The maximum absolute atomic E-state index is 13.7. The van der Waals surface area contributed by atoms with Crippen LogP contribution in [0.5, 0.6) is 5.75 Å². The van der Waals surface area contributed by atoms with Gasteiger partial charge in [-0.1, -0.05) is 36.4 Å². The molecule has 1 aliphatic heterocycles. The minimum atomic E-state index is -3.81. The molecule has 1 saturated heterocycles. The lowest BCUT2D eigenvalue weighted by atomic mass is 9.92. The Bertz CT molecular complexity index is 1420. The molecule has 1 aliphatic rings. The third kappa shape index (κ3) is 8.31. The van der Waals surface area contributed by atoms with Gasteiger partial charge in [-0.15, -0.1) is 0 Å². The largest absolute Gasteiger partial charge is 0.497 e. The van der Waals surface area contributed by atoms with Crippen LogP contribution in [-0.2, 0) is 20.6 Å². The van der Waals surface area contributed by atoms with Crippen LogP contribution in [0.15, 0.2) is 78.9 Å². The number of ether oxygens (including phenoxy) is 1. The summed E-state index contributed by atoms with van der Waals surface area (Å²) in [4.78, 5) is 26.5. The summed E-state index contributed by atoms with van der Waals surface area (Å²) in [6.45, 7) is 3.65. The van der Waals surface area contributed by atoms with E-state index in [1.807, 2.05) is 25.1 Å². The minimum absolute atomic E-state index is 0.0295. The lowest BCUT2D eigenvalue weighted by Crippen LogP contribution is -2.48. The molecule has 3 aromatic rings. The van der Waals surface area contributed by atoms with Crippen molar-refractivity contribution in [2.45, 2.75) is 38.0 Å². The second kappa shape index (κ2) is 13.6. The van der Waals surface area contributed by atoms with Gasteiger partial charge in [0.05, 0.1) is 24.1 Å². The molecular formula is C31H37N3O6S. The highest BCUT2D eigenvalue weighted by molar-refractivity contribution is 7.92. The zero-order chi connectivity index (χ0) is 29.4. The first-order valence-corrected chi connectivity index (χ1v) is 15.3. The van der Waals surface area contributed by atoms with Crippen molar-refractivity contribution in [1.29, 1.82) is 0 Å². The summed E-state index contributed by atoms with van der Waals surface area (Å²) in [6.07, 6.45) is 2.07. The van der Waals surface area contributed by atoms with E-state index in [2.05, 4.69) is 10.2 Å². The van der Waals surface area contributed by atoms with Gasteiger partial charge in [-0.05, 0) is 86.8 Å². The Kier molecular flexibility index (Phi) is 10.0. The van der Waals surface area contributed by atoms with Crippen molar-refractivity contribution in [3.63, 3.8) is 0 Å². The summed E-state index contributed by atoms with van der Waals surface area (Å²) in [6, 6.07) is 22.1. The maximum Gasteiger partial charge on any atom is 0.335 e. The SMILES string of the molecule is COc1ccc(NC(=O)CC2CCN([C@H](C)CN(c3cccc(C(=O)O)c3)S(=O)(=O)Cc3ccccc3)CC2)cc1. The fourth-order valence-corrected chi connectivity index (χ4v) is 6.79. The number of rotatable bonds is 12. The molecule has 2 N–H and O–H groups in total. The van der Waals surface area contributed by atoms with Crippen LogP contribution < -0.4 is 14.4 Å². The summed E-state index contributed by atoms with van der Waals surface area (Å²) in [5.41, 5.74) is 1.75. The average molecular weight is 580 g/mol. The topological polar surface area (TPSA) is 116 Å². The number of sulfonamides is 1. The third-order valence-corrected chi connectivity index (χ3v) is 9.19. The van der Waals surface area contributed by atoms with E-state index < -0.39 is 16.0 Å². The second-order valence-corrected chi connectivity index (χ2v) is 12.3. The molecule has 1 heterocycles. The quantitative estimate of drug-likeness (QED) is 0.315. The van der Waals surface area contributed by atoms with Crippen LogP contribution in [-0.4, -0.2) is 63.1 Å². The van der Waals surface area contributed by atoms with E-state index in [0.717, 1.165) is 37.4 Å². The van der Waals surface area contributed by atoms with E-state index in [9.17, 15) is 23.1 Å². The van der Waals surface area contributed by atoms with E-state index in [1.54, 1.807) is 55.6 Å². The predicted octanol–water partition coefficient (Wildman–Crippen LogP) is 4.86. The number of nitrogens with zero attached hydrogens (tertiary/aromatic N) is 2. The maximum atomic E-state index is 13.7. The van der Waals surface area contributed by atoms with Crippen molar-refractivity contribution in [3.8, 4) is 5.75 Å². The fourth-order valence-electron chi connectivity index (χ4n) is 5.14. The number of carboxylic acid groups (broad SMARTS) is 1. The van der Waals surface area contributed by atoms with Crippen LogP contribution in [0.25, 0.3) is 0 Å². The Labute approximate surface area is 241 Å². The standard InChI is InChI=1S/C31H37N3O6S/c1-23(33-17-15-24(16-18-33)19-30(35)32-27-11-13-29(40-2)14-12-27)21-34(28-10-6-9-26(20-28)31(36)37)41(38,39)22-25-7-4-3-5-8-25/h3-14,20,23-24H,15-19,21-22H2,1-2H3,(H,32,35)(H,36,37)/t23-/m1/s1. The highest BCUT2D eigenvalue weighted by atomic mass is 32.2. The number of carbonyl (C=O) groups is 2. The van der Waals surface area contributed by atoms with Crippen molar-refractivity contribution < 1.29 is 27.9 Å².